The van der Waals surface area contributed by atoms with Gasteiger partial charge in [0.25, 0.3) is 0 Å². The van der Waals surface area contributed by atoms with E-state index in [2.05, 4.69) is 10.6 Å². The Kier molecular flexibility index (Phi) is 3.96. The maximum atomic E-state index is 12.3. The van der Waals surface area contributed by atoms with E-state index in [0.29, 0.717) is 17.9 Å². The number of fused-ring (bicyclic) bond motifs is 1. The molecule has 1 amide bonds. The zero-order valence-electron chi connectivity index (χ0n) is 11.8. The van der Waals surface area contributed by atoms with Gasteiger partial charge in [-0.1, -0.05) is 12.8 Å². The maximum Gasteiger partial charge on any atom is 0.305 e. The van der Waals surface area contributed by atoms with Gasteiger partial charge in [-0.15, -0.1) is 0 Å². The lowest BCUT2D eigenvalue weighted by molar-refractivity contribution is -0.138. The number of hydrogen-bond acceptors (Lipinski definition) is 3. The molecular formula is C15H24N2O3. The van der Waals surface area contributed by atoms with Crippen LogP contribution < -0.4 is 10.6 Å². The first-order valence-electron chi connectivity index (χ1n) is 7.91. The quantitative estimate of drug-likeness (QED) is 0.709. The highest BCUT2D eigenvalue weighted by Gasteiger charge is 2.40. The van der Waals surface area contributed by atoms with Gasteiger partial charge in [-0.3, -0.25) is 9.59 Å². The average Bonchev–Trinajstić information content (AvgIpc) is 3.16. The largest absolute Gasteiger partial charge is 0.481 e. The third-order valence-corrected chi connectivity index (χ3v) is 5.09. The highest BCUT2D eigenvalue weighted by atomic mass is 16.4. The fraction of sp³-hybridized carbons (Fsp3) is 0.867. The molecule has 0 aromatic rings. The van der Waals surface area contributed by atoms with Crippen LogP contribution in [0.3, 0.4) is 0 Å². The van der Waals surface area contributed by atoms with Gasteiger partial charge in [0.15, 0.2) is 0 Å². The Balaban J connectivity index is 1.54. The van der Waals surface area contributed by atoms with E-state index < -0.39 is 5.97 Å². The van der Waals surface area contributed by atoms with Crippen molar-refractivity contribution in [2.24, 2.45) is 11.8 Å². The molecule has 1 heterocycles. The van der Waals surface area contributed by atoms with Crippen LogP contribution in [0.5, 0.6) is 0 Å². The predicted octanol–water partition coefficient (Wildman–Crippen LogP) is 1.28. The number of aliphatic carboxylic acids is 1. The van der Waals surface area contributed by atoms with Crippen LogP contribution in [0.4, 0.5) is 0 Å². The average molecular weight is 280 g/mol. The fourth-order valence-electron chi connectivity index (χ4n) is 3.83. The van der Waals surface area contributed by atoms with Crippen molar-refractivity contribution in [3.63, 3.8) is 0 Å². The molecule has 3 rings (SSSR count). The summed E-state index contributed by atoms with van der Waals surface area (Å²) in [6, 6.07) is 0.209. The van der Waals surface area contributed by atoms with Crippen LogP contribution >= 0.6 is 0 Å². The summed E-state index contributed by atoms with van der Waals surface area (Å²) in [5, 5.41) is 15.4. The molecule has 4 unspecified atom stereocenters. The summed E-state index contributed by atoms with van der Waals surface area (Å²) in [6.45, 7) is 0. The lowest BCUT2D eigenvalue weighted by atomic mass is 9.85. The molecule has 4 atom stereocenters. The summed E-state index contributed by atoms with van der Waals surface area (Å²) in [5.41, 5.74) is 0. The lowest BCUT2D eigenvalue weighted by Crippen LogP contribution is -2.48. The van der Waals surface area contributed by atoms with Crippen molar-refractivity contribution in [1.29, 1.82) is 0 Å². The highest BCUT2D eigenvalue weighted by molar-refractivity contribution is 5.83. The van der Waals surface area contributed by atoms with Gasteiger partial charge in [0.2, 0.25) is 5.91 Å². The number of amides is 1. The molecule has 3 N–H and O–H groups in total. The Morgan fingerprint density at radius 1 is 1.20 bits per heavy atom. The Hall–Kier alpha value is -1.10. The first kappa shape index (κ1) is 13.9. The smallest absolute Gasteiger partial charge is 0.305 e. The Morgan fingerprint density at radius 2 is 1.95 bits per heavy atom. The van der Waals surface area contributed by atoms with Gasteiger partial charge in [-0.25, -0.2) is 0 Å². The van der Waals surface area contributed by atoms with E-state index in [4.69, 9.17) is 5.11 Å². The van der Waals surface area contributed by atoms with Crippen LogP contribution in [0.25, 0.3) is 0 Å². The fourth-order valence-corrected chi connectivity index (χ4v) is 3.83. The molecule has 0 aromatic heterocycles. The minimum Gasteiger partial charge on any atom is -0.481 e. The first-order chi connectivity index (χ1) is 9.63. The van der Waals surface area contributed by atoms with E-state index in [-0.39, 0.29) is 24.4 Å². The van der Waals surface area contributed by atoms with Crippen LogP contribution in [-0.2, 0) is 9.59 Å². The summed E-state index contributed by atoms with van der Waals surface area (Å²) in [4.78, 5) is 23.2. The number of rotatable bonds is 5. The maximum absolute atomic E-state index is 12.3. The molecule has 1 aliphatic heterocycles. The Morgan fingerprint density at radius 3 is 2.60 bits per heavy atom. The third-order valence-electron chi connectivity index (χ3n) is 5.09. The van der Waals surface area contributed by atoms with Gasteiger partial charge in [-0.05, 0) is 43.9 Å². The second kappa shape index (κ2) is 5.72. The first-order valence-corrected chi connectivity index (χ1v) is 7.91. The monoisotopic (exact) mass is 280 g/mol. The summed E-state index contributed by atoms with van der Waals surface area (Å²) in [6.07, 6.45) is 7.99. The van der Waals surface area contributed by atoms with Gasteiger partial charge in [0.05, 0.1) is 12.5 Å². The molecule has 3 fully saturated rings. The molecular weight excluding hydrogens is 256 g/mol. The molecule has 5 nitrogen and oxygen atoms in total. The van der Waals surface area contributed by atoms with Gasteiger partial charge in [-0.2, -0.15) is 0 Å². The van der Waals surface area contributed by atoms with Crippen LogP contribution in [0.1, 0.15) is 51.4 Å². The second-order valence-corrected chi connectivity index (χ2v) is 6.66. The summed E-state index contributed by atoms with van der Waals surface area (Å²) in [5.74, 6) is 0.199. The third kappa shape index (κ3) is 3.14. The Bertz CT molecular complexity index is 381. The predicted molar refractivity (Wildman–Crippen MR) is 74.2 cm³/mol. The van der Waals surface area contributed by atoms with Crippen molar-refractivity contribution in [2.45, 2.75) is 69.5 Å². The molecule has 0 aromatic carbocycles. The van der Waals surface area contributed by atoms with Crippen LogP contribution in [0.2, 0.25) is 0 Å². The zero-order chi connectivity index (χ0) is 14.1. The molecule has 2 saturated carbocycles. The van der Waals surface area contributed by atoms with Crippen molar-refractivity contribution < 1.29 is 14.7 Å². The number of carbonyl (C=O) groups excluding carboxylic acids is 1. The summed E-state index contributed by atoms with van der Waals surface area (Å²) >= 11 is 0. The number of nitrogens with one attached hydrogen (secondary N) is 2. The van der Waals surface area contributed by atoms with Crippen molar-refractivity contribution >= 4 is 11.9 Å². The standard InChI is InChI=1S/C15H24N2O3/c18-14(19)8-12(9-5-6-9)17-15(20)13-7-10-3-1-2-4-11(10)16-13/h9-13,16H,1-8H2,(H,17,20)(H,18,19). The van der Waals surface area contributed by atoms with Gasteiger partial charge in [0, 0.05) is 12.1 Å². The van der Waals surface area contributed by atoms with Crippen molar-refractivity contribution in [2.75, 3.05) is 0 Å². The Labute approximate surface area is 119 Å². The highest BCUT2D eigenvalue weighted by Crippen LogP contribution is 2.35. The molecule has 5 heteroatoms. The van der Waals surface area contributed by atoms with Gasteiger partial charge < -0.3 is 15.7 Å². The SMILES string of the molecule is O=C(O)CC(NC(=O)C1CC2CCCCC2N1)C1CC1. The van der Waals surface area contributed by atoms with Crippen molar-refractivity contribution in [3.05, 3.63) is 0 Å². The molecule has 112 valence electrons. The number of carboxylic acids is 1. The topological polar surface area (TPSA) is 78.4 Å². The second-order valence-electron chi connectivity index (χ2n) is 6.66. The van der Waals surface area contributed by atoms with E-state index in [1.54, 1.807) is 0 Å². The van der Waals surface area contributed by atoms with E-state index in [9.17, 15) is 9.59 Å². The molecule has 2 aliphatic carbocycles. The van der Waals surface area contributed by atoms with Crippen LogP contribution in [-0.4, -0.2) is 35.1 Å². The summed E-state index contributed by atoms with van der Waals surface area (Å²) in [7, 11) is 0. The molecule has 3 aliphatic rings. The summed E-state index contributed by atoms with van der Waals surface area (Å²) < 4.78 is 0. The molecule has 1 saturated heterocycles. The zero-order valence-corrected chi connectivity index (χ0v) is 11.8. The molecule has 0 bridgehead atoms. The minimum atomic E-state index is -0.824. The molecule has 0 radical (unpaired) electrons. The minimum absolute atomic E-state index is 0.0116. The van der Waals surface area contributed by atoms with E-state index in [1.807, 2.05) is 0 Å². The lowest BCUT2D eigenvalue weighted by Gasteiger charge is -2.24. The van der Waals surface area contributed by atoms with E-state index in [0.717, 1.165) is 19.3 Å². The van der Waals surface area contributed by atoms with Gasteiger partial charge in [0.1, 0.15) is 0 Å². The van der Waals surface area contributed by atoms with E-state index in [1.165, 1.54) is 25.7 Å². The number of hydrogen-bond donors (Lipinski definition) is 3. The normalized spacial score (nSPS) is 34.3. The van der Waals surface area contributed by atoms with Gasteiger partial charge >= 0.3 is 5.97 Å². The molecule has 0 spiro atoms. The molecule has 20 heavy (non-hydrogen) atoms. The van der Waals surface area contributed by atoms with E-state index >= 15 is 0 Å². The van der Waals surface area contributed by atoms with Crippen molar-refractivity contribution in [1.82, 2.24) is 10.6 Å². The van der Waals surface area contributed by atoms with Crippen LogP contribution in [0.15, 0.2) is 0 Å². The number of carbonyl (C=O) groups is 2. The van der Waals surface area contributed by atoms with Crippen molar-refractivity contribution in [3.8, 4) is 0 Å². The van der Waals surface area contributed by atoms with Crippen LogP contribution in [0, 0.1) is 11.8 Å². The number of carboxylic acid groups (broad SMARTS) is 1.